The van der Waals surface area contributed by atoms with Gasteiger partial charge in [-0.2, -0.15) is 0 Å². The average Bonchev–Trinajstić information content (AvgIpc) is 3.12. The Balaban J connectivity index is 1.75. The number of carbonyl (C=O) groups excluding carboxylic acids is 5. The van der Waals surface area contributed by atoms with Crippen LogP contribution in [0.2, 0.25) is 0 Å². The molecule has 0 aliphatic carbocycles. The summed E-state index contributed by atoms with van der Waals surface area (Å²) in [5, 5.41) is 11.3. The van der Waals surface area contributed by atoms with E-state index in [1.165, 1.54) is 6.92 Å². The van der Waals surface area contributed by atoms with E-state index in [9.17, 15) is 24.0 Å². The zero-order chi connectivity index (χ0) is 37.8. The van der Waals surface area contributed by atoms with Crippen LogP contribution in [0, 0.1) is 11.8 Å². The van der Waals surface area contributed by atoms with Crippen LogP contribution >= 0.6 is 6.89 Å². The summed E-state index contributed by atoms with van der Waals surface area (Å²) in [7, 11) is 0. The first-order valence-corrected chi connectivity index (χ1v) is 19.4. The van der Waals surface area contributed by atoms with Crippen molar-refractivity contribution in [1.29, 1.82) is 0 Å². The Kier molecular flexibility index (Phi) is 13.9. The Morgan fingerprint density at radius 1 is 0.635 bits per heavy atom. The van der Waals surface area contributed by atoms with Crippen molar-refractivity contribution in [3.8, 4) is 0 Å². The minimum absolute atomic E-state index is 0.0424. The second-order valence-corrected chi connectivity index (χ2v) is 17.0. The average molecular weight is 721 g/mol. The summed E-state index contributed by atoms with van der Waals surface area (Å²) in [6, 6.07) is 33.1. The molecule has 0 heterocycles. The number of ketones is 1. The van der Waals surface area contributed by atoms with Crippen LogP contribution in [0.25, 0.3) is 0 Å². The maximum atomic E-state index is 14.7. The van der Waals surface area contributed by atoms with Gasteiger partial charge in [0.05, 0.1) is 6.04 Å². The minimum atomic E-state index is -2.81. The van der Waals surface area contributed by atoms with Gasteiger partial charge < -0.3 is 21.7 Å². The maximum Gasteiger partial charge on any atom is 0.248 e. The summed E-state index contributed by atoms with van der Waals surface area (Å²) in [6.07, 6.45) is 0.597. The van der Waals surface area contributed by atoms with Crippen molar-refractivity contribution < 1.29 is 24.0 Å². The lowest BCUT2D eigenvalue weighted by Crippen LogP contribution is -2.58. The first kappa shape index (κ1) is 39.5. The maximum absolute atomic E-state index is 14.7. The highest BCUT2D eigenvalue weighted by atomic mass is 31.2. The van der Waals surface area contributed by atoms with Gasteiger partial charge in [-0.25, -0.2) is 0 Å². The number of nitrogens with one attached hydrogen (secondary N) is 3. The molecule has 4 aromatic rings. The minimum Gasteiger partial charge on any atom is -0.366 e. The number of hydrogen-bond acceptors (Lipinski definition) is 5. The van der Waals surface area contributed by atoms with Gasteiger partial charge in [0.1, 0.15) is 12.1 Å². The predicted octanol–water partition coefficient (Wildman–Crippen LogP) is 3.87. The number of hydrogen-bond donors (Lipinski definition) is 4. The molecule has 3 atom stereocenters. The summed E-state index contributed by atoms with van der Waals surface area (Å²) >= 11 is 0. The van der Waals surface area contributed by atoms with Gasteiger partial charge in [-0.3, -0.25) is 24.0 Å². The molecule has 0 aliphatic rings. The van der Waals surface area contributed by atoms with Gasteiger partial charge in [-0.05, 0) is 64.5 Å². The Hall–Kier alpha value is -5.27. The number of primary amides is 1. The molecule has 0 unspecified atom stereocenters. The standard InChI is InChI=1S/C42H49N4O5P/c1-28(2)25-36(45-42(51)39(29(3)4)46-41(50)37(44-30(5)47)26-31-15-9-6-10-16-31)38(48)27-52(33-17-11-7-12-18-33,34-19-13-8-14-20-34)35-23-21-32(22-24-35)40(43)49/h6-24,27-29,36-37,39H,25-26H2,1-5H3,(H2,43,49)(H,44,47)(H,45,51)(H,46,50)/t36-,37-,39-/m0/s1. The van der Waals surface area contributed by atoms with Crippen molar-refractivity contribution in [1.82, 2.24) is 16.0 Å². The molecule has 0 saturated carbocycles. The monoisotopic (exact) mass is 720 g/mol. The molecule has 52 heavy (non-hydrogen) atoms. The van der Waals surface area contributed by atoms with Gasteiger partial charge in [-0.15, -0.1) is 0 Å². The molecule has 0 spiro atoms. The zero-order valence-electron chi connectivity index (χ0n) is 30.4. The zero-order valence-corrected chi connectivity index (χ0v) is 31.3. The van der Waals surface area contributed by atoms with Gasteiger partial charge in [0.2, 0.25) is 23.6 Å². The van der Waals surface area contributed by atoms with Gasteiger partial charge >= 0.3 is 0 Å². The van der Waals surface area contributed by atoms with Crippen molar-refractivity contribution in [2.75, 3.05) is 0 Å². The normalized spacial score (nSPS) is 13.1. The number of amides is 4. The molecule has 0 aromatic heterocycles. The van der Waals surface area contributed by atoms with Crippen molar-refractivity contribution in [3.05, 3.63) is 126 Å². The second kappa shape index (κ2) is 18.3. The third-order valence-electron chi connectivity index (χ3n) is 8.80. The van der Waals surface area contributed by atoms with Crippen LogP contribution in [0.1, 0.15) is 57.0 Å². The van der Waals surface area contributed by atoms with Crippen LogP contribution in [0.15, 0.2) is 115 Å². The lowest BCUT2D eigenvalue weighted by molar-refractivity contribution is -0.133. The Morgan fingerprint density at radius 3 is 1.60 bits per heavy atom. The fourth-order valence-corrected chi connectivity index (χ4v) is 10.0. The number of rotatable bonds is 16. The van der Waals surface area contributed by atoms with E-state index in [1.54, 1.807) is 17.9 Å². The predicted molar refractivity (Wildman–Crippen MR) is 211 cm³/mol. The van der Waals surface area contributed by atoms with Crippen LogP contribution in [-0.2, 0) is 25.6 Å². The summed E-state index contributed by atoms with van der Waals surface area (Å²) in [5.74, 6) is -0.703. The highest BCUT2D eigenvalue weighted by Gasteiger charge is 2.33. The molecule has 4 rings (SSSR count). The SMILES string of the molecule is CC(=O)N[C@@H](Cc1ccccc1)C(=O)N[C@H](C(=O)N[C@@H](CC(C)C)C(=O)C=P(c1ccccc1)(c1ccccc1)c1ccc(C(N)=O)cc1)C(C)C. The van der Waals surface area contributed by atoms with E-state index in [4.69, 9.17) is 5.73 Å². The topological polar surface area (TPSA) is 147 Å². The summed E-state index contributed by atoms with van der Waals surface area (Å²) in [4.78, 5) is 66.5. The largest absolute Gasteiger partial charge is 0.366 e. The van der Waals surface area contributed by atoms with E-state index in [0.29, 0.717) is 12.0 Å². The van der Waals surface area contributed by atoms with Gasteiger partial charge in [0.25, 0.3) is 0 Å². The van der Waals surface area contributed by atoms with E-state index in [0.717, 1.165) is 21.5 Å². The molecule has 0 fully saturated rings. The van der Waals surface area contributed by atoms with E-state index >= 15 is 0 Å². The van der Waals surface area contributed by atoms with Crippen LogP contribution in [0.5, 0.6) is 0 Å². The molecular weight excluding hydrogens is 671 g/mol. The first-order valence-electron chi connectivity index (χ1n) is 17.5. The van der Waals surface area contributed by atoms with Crippen LogP contribution in [-0.4, -0.2) is 53.3 Å². The second-order valence-electron chi connectivity index (χ2n) is 13.7. The van der Waals surface area contributed by atoms with Gasteiger partial charge in [0.15, 0.2) is 5.78 Å². The smallest absolute Gasteiger partial charge is 0.248 e. The molecule has 0 aliphatic heterocycles. The van der Waals surface area contributed by atoms with E-state index < -0.39 is 42.7 Å². The fourth-order valence-electron chi connectivity index (χ4n) is 6.21. The van der Waals surface area contributed by atoms with Crippen molar-refractivity contribution >= 4 is 58.0 Å². The molecule has 0 bridgehead atoms. The van der Waals surface area contributed by atoms with Crippen molar-refractivity contribution in [3.63, 3.8) is 0 Å². The molecule has 10 heteroatoms. The highest BCUT2D eigenvalue weighted by Crippen LogP contribution is 2.44. The molecule has 272 valence electrons. The number of carbonyl (C=O) groups is 5. The quantitative estimate of drug-likeness (QED) is 0.130. The highest BCUT2D eigenvalue weighted by molar-refractivity contribution is 7.95. The summed E-state index contributed by atoms with van der Waals surface area (Å²) in [6.45, 7) is 6.13. The molecule has 9 nitrogen and oxygen atoms in total. The lowest BCUT2D eigenvalue weighted by Gasteiger charge is -2.30. The molecule has 0 radical (unpaired) electrons. The van der Waals surface area contributed by atoms with Gasteiger partial charge in [0, 0.05) is 18.9 Å². The molecular formula is C42H49N4O5P. The Bertz CT molecular complexity index is 1850. The van der Waals surface area contributed by atoms with Crippen LogP contribution in [0.4, 0.5) is 0 Å². The van der Waals surface area contributed by atoms with E-state index in [1.807, 2.05) is 131 Å². The van der Waals surface area contributed by atoms with Crippen LogP contribution in [0.3, 0.4) is 0 Å². The third-order valence-corrected chi connectivity index (χ3v) is 12.8. The lowest BCUT2D eigenvalue weighted by atomic mass is 9.98. The van der Waals surface area contributed by atoms with Crippen LogP contribution < -0.4 is 37.6 Å². The number of benzene rings is 4. The molecule has 5 N–H and O–H groups in total. The summed E-state index contributed by atoms with van der Waals surface area (Å²) < 4.78 is 0. The molecule has 4 aromatic carbocycles. The third kappa shape index (κ3) is 10.2. The molecule has 4 amide bonds. The van der Waals surface area contributed by atoms with Crippen molar-refractivity contribution in [2.24, 2.45) is 17.6 Å². The summed E-state index contributed by atoms with van der Waals surface area (Å²) in [5.41, 5.74) is 6.79. The van der Waals surface area contributed by atoms with E-state index in [2.05, 4.69) is 16.0 Å². The number of Topliss-reactive ketones (excluding diaryl/α,β-unsaturated/α-hetero) is 1. The Labute approximate surface area is 306 Å². The molecule has 0 saturated heterocycles. The first-order chi connectivity index (χ1) is 24.8. The number of nitrogens with two attached hydrogens (primary N) is 1. The van der Waals surface area contributed by atoms with E-state index in [-0.39, 0.29) is 29.9 Å². The van der Waals surface area contributed by atoms with Gasteiger partial charge in [-0.1, -0.05) is 131 Å². The van der Waals surface area contributed by atoms with Crippen molar-refractivity contribution in [2.45, 2.75) is 65.6 Å². The Morgan fingerprint density at radius 2 is 1.13 bits per heavy atom. The fraction of sp³-hybridized carbons (Fsp3) is 0.286.